The molecule has 2 aromatic rings. The summed E-state index contributed by atoms with van der Waals surface area (Å²) in [6.45, 7) is 1.67. The molecule has 0 aliphatic rings. The highest BCUT2D eigenvalue weighted by Gasteiger charge is 2.30. The fourth-order valence-corrected chi connectivity index (χ4v) is 2.77. The van der Waals surface area contributed by atoms with E-state index in [1.807, 2.05) is 0 Å². The van der Waals surface area contributed by atoms with Gasteiger partial charge in [-0.25, -0.2) is 4.98 Å². The standard InChI is InChI=1S/C16H15F3N2O3S/c1-3-24-13(22)8-21(2)15(23)12-9-25-14(20-12)10-4-6-11(7-5-10)16(17,18)19/h4-7,9H,3,8H2,1-2H3. The summed E-state index contributed by atoms with van der Waals surface area (Å²) in [7, 11) is 1.44. The number of benzene rings is 1. The normalized spacial score (nSPS) is 11.2. The predicted octanol–water partition coefficient (Wildman–Crippen LogP) is 3.46. The number of carbonyl (C=O) groups excluding carboxylic acids is 2. The fraction of sp³-hybridized carbons (Fsp3) is 0.312. The molecule has 2 rings (SSSR count). The summed E-state index contributed by atoms with van der Waals surface area (Å²) >= 11 is 1.13. The van der Waals surface area contributed by atoms with Gasteiger partial charge in [0.15, 0.2) is 0 Å². The van der Waals surface area contributed by atoms with Gasteiger partial charge in [0.1, 0.15) is 17.2 Å². The average Bonchev–Trinajstić information content (AvgIpc) is 3.03. The number of likely N-dealkylation sites (N-methyl/N-ethyl adjacent to an activating group) is 1. The lowest BCUT2D eigenvalue weighted by atomic mass is 10.1. The molecule has 25 heavy (non-hydrogen) atoms. The SMILES string of the molecule is CCOC(=O)CN(C)C(=O)c1csc(-c2ccc(C(F)(F)F)cc2)n1. The molecular formula is C16H15F3N2O3S. The van der Waals surface area contributed by atoms with Crippen molar-refractivity contribution in [1.82, 2.24) is 9.88 Å². The first-order valence-corrected chi connectivity index (χ1v) is 8.14. The quantitative estimate of drug-likeness (QED) is 0.754. The van der Waals surface area contributed by atoms with E-state index in [4.69, 9.17) is 4.74 Å². The van der Waals surface area contributed by atoms with Crippen LogP contribution in [-0.2, 0) is 15.7 Å². The molecule has 134 valence electrons. The molecule has 5 nitrogen and oxygen atoms in total. The number of thiazole rings is 1. The van der Waals surface area contributed by atoms with Crippen LogP contribution >= 0.6 is 11.3 Å². The van der Waals surface area contributed by atoms with Gasteiger partial charge in [-0.3, -0.25) is 9.59 Å². The number of carbonyl (C=O) groups is 2. The highest BCUT2D eigenvalue weighted by Crippen LogP contribution is 2.31. The van der Waals surface area contributed by atoms with Crippen molar-refractivity contribution in [3.8, 4) is 10.6 Å². The molecule has 1 aromatic carbocycles. The minimum Gasteiger partial charge on any atom is -0.465 e. The van der Waals surface area contributed by atoms with Crippen molar-refractivity contribution in [3.05, 3.63) is 40.9 Å². The van der Waals surface area contributed by atoms with Crippen LogP contribution < -0.4 is 0 Å². The Morgan fingerprint density at radius 1 is 1.24 bits per heavy atom. The summed E-state index contributed by atoms with van der Waals surface area (Å²) in [5.74, 6) is -1.00. The van der Waals surface area contributed by atoms with Crippen molar-refractivity contribution in [2.75, 3.05) is 20.2 Å². The average molecular weight is 372 g/mol. The number of hydrogen-bond donors (Lipinski definition) is 0. The fourth-order valence-electron chi connectivity index (χ4n) is 1.97. The van der Waals surface area contributed by atoms with Gasteiger partial charge in [-0.15, -0.1) is 11.3 Å². The topological polar surface area (TPSA) is 59.5 Å². The summed E-state index contributed by atoms with van der Waals surface area (Å²) in [5, 5.41) is 1.92. The Morgan fingerprint density at radius 2 is 1.88 bits per heavy atom. The number of nitrogens with zero attached hydrogens (tertiary/aromatic N) is 2. The maximum atomic E-state index is 12.6. The van der Waals surface area contributed by atoms with E-state index >= 15 is 0 Å². The van der Waals surface area contributed by atoms with Gasteiger partial charge in [0.2, 0.25) is 0 Å². The molecular weight excluding hydrogens is 357 g/mol. The van der Waals surface area contributed by atoms with Gasteiger partial charge < -0.3 is 9.64 Å². The first-order chi connectivity index (χ1) is 11.7. The van der Waals surface area contributed by atoms with E-state index in [-0.39, 0.29) is 18.8 Å². The van der Waals surface area contributed by atoms with E-state index in [1.54, 1.807) is 6.92 Å². The lowest BCUT2D eigenvalue weighted by Gasteiger charge is -2.14. The number of alkyl halides is 3. The van der Waals surface area contributed by atoms with E-state index in [9.17, 15) is 22.8 Å². The highest BCUT2D eigenvalue weighted by molar-refractivity contribution is 7.13. The summed E-state index contributed by atoms with van der Waals surface area (Å²) in [4.78, 5) is 28.9. The third-order valence-corrected chi connectivity index (χ3v) is 4.09. The van der Waals surface area contributed by atoms with Crippen LogP contribution in [0.2, 0.25) is 0 Å². The Bertz CT molecular complexity index is 757. The van der Waals surface area contributed by atoms with Gasteiger partial charge >= 0.3 is 12.1 Å². The first kappa shape index (κ1) is 18.9. The van der Waals surface area contributed by atoms with E-state index in [0.29, 0.717) is 10.6 Å². The number of ether oxygens (including phenoxy) is 1. The van der Waals surface area contributed by atoms with Crippen LogP contribution in [0, 0.1) is 0 Å². The van der Waals surface area contributed by atoms with Crippen LogP contribution in [0.5, 0.6) is 0 Å². The molecule has 0 aliphatic carbocycles. The van der Waals surface area contributed by atoms with Crippen LogP contribution in [0.15, 0.2) is 29.6 Å². The molecule has 0 radical (unpaired) electrons. The first-order valence-electron chi connectivity index (χ1n) is 7.26. The molecule has 0 fully saturated rings. The molecule has 0 aliphatic heterocycles. The third-order valence-electron chi connectivity index (χ3n) is 3.20. The number of hydrogen-bond acceptors (Lipinski definition) is 5. The summed E-state index contributed by atoms with van der Waals surface area (Å²) < 4.78 is 42.5. The van der Waals surface area contributed by atoms with Crippen molar-refractivity contribution in [2.24, 2.45) is 0 Å². The largest absolute Gasteiger partial charge is 0.465 e. The summed E-state index contributed by atoms with van der Waals surface area (Å²) in [6, 6.07) is 4.53. The molecule has 0 spiro atoms. The van der Waals surface area contributed by atoms with Crippen LogP contribution in [0.1, 0.15) is 23.0 Å². The van der Waals surface area contributed by atoms with E-state index in [0.717, 1.165) is 23.5 Å². The van der Waals surface area contributed by atoms with Crippen LogP contribution in [0.3, 0.4) is 0 Å². The lowest BCUT2D eigenvalue weighted by Crippen LogP contribution is -2.33. The molecule has 0 N–H and O–H groups in total. The number of halogens is 3. The minimum absolute atomic E-state index is 0.117. The van der Waals surface area contributed by atoms with Crippen LogP contribution in [0.25, 0.3) is 10.6 Å². The third kappa shape index (κ3) is 4.79. The van der Waals surface area contributed by atoms with Crippen molar-refractivity contribution in [3.63, 3.8) is 0 Å². The number of esters is 1. The Balaban J connectivity index is 2.11. The Kier molecular flexibility index (Phi) is 5.78. The lowest BCUT2D eigenvalue weighted by molar-refractivity contribution is -0.143. The van der Waals surface area contributed by atoms with Gasteiger partial charge in [-0.05, 0) is 19.1 Å². The molecule has 1 amide bonds. The molecule has 0 saturated carbocycles. The second-order valence-corrected chi connectivity index (χ2v) is 5.94. The smallest absolute Gasteiger partial charge is 0.416 e. The van der Waals surface area contributed by atoms with Crippen molar-refractivity contribution < 1.29 is 27.5 Å². The highest BCUT2D eigenvalue weighted by atomic mass is 32.1. The second-order valence-electron chi connectivity index (χ2n) is 5.08. The summed E-state index contributed by atoms with van der Waals surface area (Å²) in [6.07, 6.45) is -4.40. The van der Waals surface area contributed by atoms with E-state index in [1.165, 1.54) is 29.5 Å². The number of rotatable bonds is 5. The number of aromatic nitrogens is 1. The summed E-state index contributed by atoms with van der Waals surface area (Å²) in [5.41, 5.74) is -0.157. The molecule has 0 unspecified atom stereocenters. The van der Waals surface area contributed by atoms with Gasteiger partial charge in [0.05, 0.1) is 12.2 Å². The van der Waals surface area contributed by atoms with Crippen molar-refractivity contribution in [2.45, 2.75) is 13.1 Å². The predicted molar refractivity (Wildman–Crippen MR) is 86.1 cm³/mol. The molecule has 0 bridgehead atoms. The number of amides is 1. The maximum Gasteiger partial charge on any atom is 0.416 e. The van der Waals surface area contributed by atoms with Gasteiger partial charge in [-0.2, -0.15) is 13.2 Å². The monoisotopic (exact) mass is 372 g/mol. The zero-order valence-electron chi connectivity index (χ0n) is 13.5. The zero-order valence-corrected chi connectivity index (χ0v) is 14.3. The van der Waals surface area contributed by atoms with Crippen LogP contribution in [0.4, 0.5) is 13.2 Å². The Morgan fingerprint density at radius 3 is 2.44 bits per heavy atom. The minimum atomic E-state index is -4.40. The van der Waals surface area contributed by atoms with E-state index < -0.39 is 23.6 Å². The molecule has 9 heteroatoms. The maximum absolute atomic E-state index is 12.6. The van der Waals surface area contributed by atoms with E-state index in [2.05, 4.69) is 4.98 Å². The Hall–Kier alpha value is -2.42. The molecule has 0 saturated heterocycles. The second kappa shape index (κ2) is 7.64. The van der Waals surface area contributed by atoms with Crippen molar-refractivity contribution >= 4 is 23.2 Å². The van der Waals surface area contributed by atoms with Gasteiger partial charge in [0.25, 0.3) is 5.91 Å². The van der Waals surface area contributed by atoms with Crippen molar-refractivity contribution in [1.29, 1.82) is 0 Å². The Labute approximate surface area is 146 Å². The zero-order chi connectivity index (χ0) is 18.6. The van der Waals surface area contributed by atoms with Gasteiger partial charge in [-0.1, -0.05) is 12.1 Å². The molecule has 0 atom stereocenters. The van der Waals surface area contributed by atoms with Gasteiger partial charge in [0, 0.05) is 18.0 Å². The molecule has 1 heterocycles. The molecule has 1 aromatic heterocycles. The van der Waals surface area contributed by atoms with Crippen LogP contribution in [-0.4, -0.2) is 42.0 Å².